The van der Waals surface area contributed by atoms with Crippen LogP contribution in [0.3, 0.4) is 0 Å². The summed E-state index contributed by atoms with van der Waals surface area (Å²) in [6, 6.07) is 4.28. The van der Waals surface area contributed by atoms with Gasteiger partial charge >= 0.3 is 5.69 Å². The zero-order valence-electron chi connectivity index (χ0n) is 13.8. The number of aromatic amines is 2. The molecular weight excluding hydrogens is 342 g/mol. The molecule has 1 aromatic heterocycles. The Labute approximate surface area is 145 Å². The Kier molecular flexibility index (Phi) is 4.04. The molecule has 1 unspecified atom stereocenters. The SMILES string of the molecule is O=c1[nH]c(=O)c2cc(S(=O)(=O)N3CCC(C4CCCC4)C3)ccc2[nH]1. The first-order valence-corrected chi connectivity index (χ1v) is 10.2. The molecule has 2 fully saturated rings. The van der Waals surface area contributed by atoms with E-state index in [1.165, 1.54) is 48.2 Å². The number of aromatic nitrogens is 2. The molecule has 25 heavy (non-hydrogen) atoms. The Hall–Kier alpha value is -1.93. The monoisotopic (exact) mass is 363 g/mol. The zero-order valence-corrected chi connectivity index (χ0v) is 14.6. The first-order valence-electron chi connectivity index (χ1n) is 8.72. The van der Waals surface area contributed by atoms with Crippen molar-refractivity contribution in [2.75, 3.05) is 13.1 Å². The molecule has 1 saturated heterocycles. The van der Waals surface area contributed by atoms with E-state index in [4.69, 9.17) is 0 Å². The molecular formula is C17H21N3O4S. The molecule has 7 nitrogen and oxygen atoms in total. The predicted octanol–water partition coefficient (Wildman–Crippen LogP) is 1.42. The lowest BCUT2D eigenvalue weighted by molar-refractivity contribution is 0.347. The fourth-order valence-electron chi connectivity index (χ4n) is 4.24. The van der Waals surface area contributed by atoms with Crippen LogP contribution in [0.4, 0.5) is 0 Å². The second kappa shape index (κ2) is 6.10. The lowest BCUT2D eigenvalue weighted by Crippen LogP contribution is -2.30. The van der Waals surface area contributed by atoms with Crippen molar-refractivity contribution in [3.63, 3.8) is 0 Å². The normalized spacial score (nSPS) is 22.8. The van der Waals surface area contributed by atoms with Crippen molar-refractivity contribution in [2.24, 2.45) is 11.8 Å². The van der Waals surface area contributed by atoms with Crippen molar-refractivity contribution in [3.05, 3.63) is 39.0 Å². The van der Waals surface area contributed by atoms with Gasteiger partial charge in [0.1, 0.15) is 0 Å². The Bertz CT molecular complexity index is 1020. The second-order valence-electron chi connectivity index (χ2n) is 7.07. The van der Waals surface area contributed by atoms with Crippen molar-refractivity contribution in [3.8, 4) is 0 Å². The van der Waals surface area contributed by atoms with Gasteiger partial charge in [0, 0.05) is 13.1 Å². The van der Waals surface area contributed by atoms with Gasteiger partial charge in [-0.3, -0.25) is 9.78 Å². The fourth-order valence-corrected chi connectivity index (χ4v) is 5.78. The van der Waals surface area contributed by atoms with Crippen molar-refractivity contribution in [2.45, 2.75) is 37.0 Å². The number of fused-ring (bicyclic) bond motifs is 1. The van der Waals surface area contributed by atoms with E-state index in [-0.39, 0.29) is 10.3 Å². The summed E-state index contributed by atoms with van der Waals surface area (Å²) >= 11 is 0. The first kappa shape index (κ1) is 16.5. The fraction of sp³-hybridized carbons (Fsp3) is 0.529. The van der Waals surface area contributed by atoms with Crippen LogP contribution < -0.4 is 11.2 Å². The number of H-pyrrole nitrogens is 2. The standard InChI is InChI=1S/C17H21N3O4S/c21-16-14-9-13(5-6-15(14)18-17(22)19-16)25(23,24)20-8-7-12(10-20)11-3-1-2-4-11/h5-6,9,11-12H,1-4,7-8,10H2,(H2,18,19,21,22). The van der Waals surface area contributed by atoms with Gasteiger partial charge in [-0.05, 0) is 36.5 Å². The summed E-state index contributed by atoms with van der Waals surface area (Å²) in [6.45, 7) is 1.09. The highest BCUT2D eigenvalue weighted by molar-refractivity contribution is 7.89. The lowest BCUT2D eigenvalue weighted by Gasteiger charge is -2.20. The minimum absolute atomic E-state index is 0.102. The van der Waals surface area contributed by atoms with E-state index < -0.39 is 21.3 Å². The Morgan fingerprint density at radius 1 is 1.00 bits per heavy atom. The molecule has 0 bridgehead atoms. The Morgan fingerprint density at radius 3 is 2.52 bits per heavy atom. The Morgan fingerprint density at radius 2 is 1.76 bits per heavy atom. The first-order chi connectivity index (χ1) is 11.9. The third-order valence-electron chi connectivity index (χ3n) is 5.60. The maximum absolute atomic E-state index is 13.0. The van der Waals surface area contributed by atoms with E-state index in [0.717, 1.165) is 6.42 Å². The highest BCUT2D eigenvalue weighted by Gasteiger charge is 2.37. The van der Waals surface area contributed by atoms with E-state index in [1.807, 2.05) is 0 Å². The summed E-state index contributed by atoms with van der Waals surface area (Å²) < 4.78 is 27.5. The summed E-state index contributed by atoms with van der Waals surface area (Å²) in [6.07, 6.45) is 5.82. The summed E-state index contributed by atoms with van der Waals surface area (Å²) in [4.78, 5) is 28.0. The van der Waals surface area contributed by atoms with Gasteiger partial charge in [-0.2, -0.15) is 4.31 Å². The largest absolute Gasteiger partial charge is 0.326 e. The number of sulfonamides is 1. The van der Waals surface area contributed by atoms with Crippen molar-refractivity contribution < 1.29 is 8.42 Å². The number of rotatable bonds is 3. The van der Waals surface area contributed by atoms with Crippen molar-refractivity contribution in [1.82, 2.24) is 14.3 Å². The van der Waals surface area contributed by atoms with Gasteiger partial charge in [0.05, 0.1) is 15.8 Å². The van der Waals surface area contributed by atoms with Crippen LogP contribution in [0.2, 0.25) is 0 Å². The summed E-state index contributed by atoms with van der Waals surface area (Å²) in [5, 5.41) is 0.173. The average Bonchev–Trinajstić information content (AvgIpc) is 3.26. The van der Waals surface area contributed by atoms with Crippen LogP contribution in [0.5, 0.6) is 0 Å². The molecule has 1 aliphatic carbocycles. The van der Waals surface area contributed by atoms with Gasteiger partial charge in [0.2, 0.25) is 10.0 Å². The van der Waals surface area contributed by atoms with Crippen molar-refractivity contribution in [1.29, 1.82) is 0 Å². The molecule has 1 atom stereocenters. The third kappa shape index (κ3) is 2.93. The molecule has 4 rings (SSSR count). The van der Waals surface area contributed by atoms with Crippen LogP contribution in [0.25, 0.3) is 10.9 Å². The molecule has 134 valence electrons. The number of hydrogen-bond acceptors (Lipinski definition) is 4. The number of benzene rings is 1. The number of nitrogens with zero attached hydrogens (tertiary/aromatic N) is 1. The van der Waals surface area contributed by atoms with Gasteiger partial charge < -0.3 is 4.98 Å². The molecule has 2 aromatic rings. The molecule has 0 radical (unpaired) electrons. The predicted molar refractivity (Wildman–Crippen MR) is 94.0 cm³/mol. The minimum atomic E-state index is -3.63. The zero-order chi connectivity index (χ0) is 17.6. The molecule has 1 saturated carbocycles. The quantitative estimate of drug-likeness (QED) is 0.861. The van der Waals surface area contributed by atoms with Gasteiger partial charge in [-0.1, -0.05) is 25.7 Å². The van der Waals surface area contributed by atoms with Gasteiger partial charge in [0.25, 0.3) is 5.56 Å². The topological polar surface area (TPSA) is 103 Å². The molecule has 2 heterocycles. The average molecular weight is 363 g/mol. The highest BCUT2D eigenvalue weighted by atomic mass is 32.2. The highest BCUT2D eigenvalue weighted by Crippen LogP contribution is 2.37. The van der Waals surface area contributed by atoms with E-state index in [2.05, 4.69) is 9.97 Å². The van der Waals surface area contributed by atoms with Crippen LogP contribution in [0.1, 0.15) is 32.1 Å². The van der Waals surface area contributed by atoms with Gasteiger partial charge in [-0.15, -0.1) is 0 Å². The molecule has 1 aromatic carbocycles. The minimum Gasteiger partial charge on any atom is -0.307 e. The molecule has 2 N–H and O–H groups in total. The van der Waals surface area contributed by atoms with E-state index >= 15 is 0 Å². The molecule has 2 aliphatic rings. The Balaban J connectivity index is 1.65. The molecule has 0 spiro atoms. The van der Waals surface area contributed by atoms with Gasteiger partial charge in [0.15, 0.2) is 0 Å². The smallest absolute Gasteiger partial charge is 0.307 e. The van der Waals surface area contributed by atoms with Crippen LogP contribution >= 0.6 is 0 Å². The van der Waals surface area contributed by atoms with Crippen LogP contribution in [0, 0.1) is 11.8 Å². The van der Waals surface area contributed by atoms with Gasteiger partial charge in [-0.25, -0.2) is 13.2 Å². The maximum Gasteiger partial charge on any atom is 0.326 e. The molecule has 1 aliphatic heterocycles. The van der Waals surface area contributed by atoms with E-state index in [0.29, 0.717) is 30.4 Å². The van der Waals surface area contributed by atoms with Crippen LogP contribution in [-0.2, 0) is 10.0 Å². The maximum atomic E-state index is 13.0. The molecule has 0 amide bonds. The number of hydrogen-bond donors (Lipinski definition) is 2. The van der Waals surface area contributed by atoms with Crippen molar-refractivity contribution >= 4 is 20.9 Å². The summed E-state index contributed by atoms with van der Waals surface area (Å²) in [5.41, 5.74) is -0.855. The summed E-state index contributed by atoms with van der Waals surface area (Å²) in [5.74, 6) is 1.09. The number of nitrogens with one attached hydrogen (secondary N) is 2. The lowest BCUT2D eigenvalue weighted by atomic mass is 9.90. The van der Waals surface area contributed by atoms with Crippen LogP contribution in [-0.4, -0.2) is 35.8 Å². The third-order valence-corrected chi connectivity index (χ3v) is 7.46. The van der Waals surface area contributed by atoms with E-state index in [1.54, 1.807) is 0 Å². The molecule has 8 heteroatoms. The van der Waals surface area contributed by atoms with Crippen LogP contribution in [0.15, 0.2) is 32.7 Å². The second-order valence-corrected chi connectivity index (χ2v) is 9.01. The van der Waals surface area contributed by atoms with E-state index in [9.17, 15) is 18.0 Å². The summed E-state index contributed by atoms with van der Waals surface area (Å²) in [7, 11) is -3.63.